The molecule has 1 aliphatic rings. The van der Waals surface area contributed by atoms with E-state index < -0.39 is 0 Å². The number of hydrogen-bond acceptors (Lipinski definition) is 2. The highest BCUT2D eigenvalue weighted by Crippen LogP contribution is 2.28. The van der Waals surface area contributed by atoms with Crippen molar-refractivity contribution in [1.29, 1.82) is 0 Å². The molecule has 0 radical (unpaired) electrons. The molecule has 19 heavy (non-hydrogen) atoms. The molecule has 96 valence electrons. The van der Waals surface area contributed by atoms with Crippen LogP contribution in [-0.4, -0.2) is 11.2 Å². The van der Waals surface area contributed by atoms with Crippen molar-refractivity contribution < 1.29 is 0 Å². The highest BCUT2D eigenvalue weighted by Gasteiger charge is 2.12. The Morgan fingerprint density at radius 1 is 1.16 bits per heavy atom. The maximum absolute atomic E-state index is 5.97. The summed E-state index contributed by atoms with van der Waals surface area (Å²) >= 11 is 9.41. The summed E-state index contributed by atoms with van der Waals surface area (Å²) < 4.78 is 1.10. The van der Waals surface area contributed by atoms with Gasteiger partial charge in [0.05, 0.1) is 12.0 Å². The monoisotopic (exact) mass is 334 g/mol. The van der Waals surface area contributed by atoms with Crippen LogP contribution in [0.2, 0.25) is 5.02 Å². The summed E-state index contributed by atoms with van der Waals surface area (Å²) in [7, 11) is 0. The van der Waals surface area contributed by atoms with Crippen LogP contribution in [0.5, 0.6) is 0 Å². The minimum atomic E-state index is 0.734. The number of benzene rings is 2. The van der Waals surface area contributed by atoms with E-state index in [2.05, 4.69) is 50.1 Å². The molecule has 0 unspecified atom stereocenters. The van der Waals surface area contributed by atoms with E-state index in [9.17, 15) is 0 Å². The highest BCUT2D eigenvalue weighted by molar-refractivity contribution is 9.10. The molecule has 0 aliphatic carbocycles. The molecule has 0 bridgehead atoms. The van der Waals surface area contributed by atoms with E-state index in [1.165, 1.54) is 11.1 Å². The van der Waals surface area contributed by atoms with E-state index in [1.54, 1.807) is 0 Å². The van der Waals surface area contributed by atoms with Crippen LogP contribution < -0.4 is 0 Å². The van der Waals surface area contributed by atoms with Crippen molar-refractivity contribution in [2.75, 3.05) is 0 Å². The van der Waals surface area contributed by atoms with Crippen molar-refractivity contribution in [3.63, 3.8) is 0 Å². The topological polar surface area (TPSA) is 15.6 Å². The van der Waals surface area contributed by atoms with Crippen molar-refractivity contribution in [3.05, 3.63) is 63.1 Å². The average molecular weight is 336 g/mol. The fourth-order valence-corrected chi connectivity index (χ4v) is 2.55. The van der Waals surface area contributed by atoms with E-state index >= 15 is 0 Å². The summed E-state index contributed by atoms with van der Waals surface area (Å²) in [6.07, 6.45) is 1.89. The molecule has 3 rings (SSSR count). The minimum Gasteiger partial charge on any atom is -0.354 e. The van der Waals surface area contributed by atoms with Crippen LogP contribution in [0.25, 0.3) is 0 Å². The lowest BCUT2D eigenvalue weighted by Crippen LogP contribution is -2.23. The predicted molar refractivity (Wildman–Crippen MR) is 83.0 cm³/mol. The van der Waals surface area contributed by atoms with E-state index in [0.717, 1.165) is 28.3 Å². The van der Waals surface area contributed by atoms with Gasteiger partial charge in [-0.15, -0.1) is 0 Å². The Kier molecular flexibility index (Phi) is 3.58. The average Bonchev–Trinajstić information content (AvgIpc) is 2.42. The van der Waals surface area contributed by atoms with E-state index in [0.29, 0.717) is 0 Å². The Morgan fingerprint density at radius 2 is 1.95 bits per heavy atom. The Hall–Kier alpha value is -1.32. The zero-order valence-corrected chi connectivity index (χ0v) is 12.5. The third kappa shape index (κ3) is 2.99. The molecule has 4 heteroatoms. The largest absolute Gasteiger partial charge is 0.354 e. The lowest BCUT2D eigenvalue weighted by atomic mass is 10.1. The van der Waals surface area contributed by atoms with Gasteiger partial charge in [-0.3, -0.25) is 0 Å². The van der Waals surface area contributed by atoms with Gasteiger partial charge in [0.1, 0.15) is 0 Å². The van der Waals surface area contributed by atoms with Gasteiger partial charge >= 0.3 is 0 Å². The standard InChI is InChI=1S/C15H12BrClN2/c16-13-4-1-11(2-5-13)8-19-9-12-3-6-14(17)7-15(12)18-10-19/h1-7,10H,8-9H2. The molecule has 0 saturated heterocycles. The molecule has 2 aromatic carbocycles. The van der Waals surface area contributed by atoms with Gasteiger partial charge in [-0.1, -0.05) is 45.7 Å². The van der Waals surface area contributed by atoms with Crippen molar-refractivity contribution in [2.45, 2.75) is 13.1 Å². The Balaban J connectivity index is 1.76. The third-order valence-electron chi connectivity index (χ3n) is 3.08. The van der Waals surface area contributed by atoms with Gasteiger partial charge in [-0.25, -0.2) is 4.99 Å². The van der Waals surface area contributed by atoms with E-state index in [4.69, 9.17) is 11.6 Å². The van der Waals surface area contributed by atoms with Gasteiger partial charge in [0.15, 0.2) is 0 Å². The lowest BCUT2D eigenvalue weighted by molar-refractivity contribution is 0.414. The molecule has 2 aromatic rings. The van der Waals surface area contributed by atoms with E-state index in [1.807, 2.05) is 24.5 Å². The van der Waals surface area contributed by atoms with Crippen LogP contribution in [0, 0.1) is 0 Å². The van der Waals surface area contributed by atoms with Gasteiger partial charge in [0.2, 0.25) is 0 Å². The van der Waals surface area contributed by atoms with Crippen LogP contribution in [0.15, 0.2) is 51.9 Å². The zero-order valence-electron chi connectivity index (χ0n) is 10.2. The van der Waals surface area contributed by atoms with Gasteiger partial charge in [0.25, 0.3) is 0 Å². The maximum atomic E-state index is 5.97. The first-order valence-corrected chi connectivity index (χ1v) is 7.19. The Morgan fingerprint density at radius 3 is 2.74 bits per heavy atom. The maximum Gasteiger partial charge on any atom is 0.0918 e. The van der Waals surface area contributed by atoms with Crippen molar-refractivity contribution in [3.8, 4) is 0 Å². The molecule has 1 aliphatic heterocycles. The summed E-state index contributed by atoms with van der Waals surface area (Å²) in [5, 5.41) is 0.734. The van der Waals surface area contributed by atoms with Gasteiger partial charge in [-0.05, 0) is 35.4 Å². The number of aliphatic imine (C=N–C) groups is 1. The van der Waals surface area contributed by atoms with Crippen molar-refractivity contribution in [1.82, 2.24) is 4.90 Å². The van der Waals surface area contributed by atoms with Crippen molar-refractivity contribution >= 4 is 39.6 Å². The number of hydrogen-bond donors (Lipinski definition) is 0. The highest BCUT2D eigenvalue weighted by atomic mass is 79.9. The first-order chi connectivity index (χ1) is 9.20. The quantitative estimate of drug-likeness (QED) is 0.771. The minimum absolute atomic E-state index is 0.734. The molecule has 0 atom stereocenters. The molecular weight excluding hydrogens is 324 g/mol. The molecule has 2 nitrogen and oxygen atoms in total. The first kappa shape index (κ1) is 12.7. The van der Waals surface area contributed by atoms with Gasteiger partial charge < -0.3 is 4.90 Å². The van der Waals surface area contributed by atoms with Crippen LogP contribution >= 0.6 is 27.5 Å². The summed E-state index contributed by atoms with van der Waals surface area (Å²) in [6, 6.07) is 14.2. The number of rotatable bonds is 2. The molecule has 0 amide bonds. The molecule has 1 heterocycles. The van der Waals surface area contributed by atoms with Crippen LogP contribution in [0.1, 0.15) is 11.1 Å². The molecule has 0 N–H and O–H groups in total. The molecule has 0 aromatic heterocycles. The normalized spacial score (nSPS) is 13.5. The second-order valence-electron chi connectivity index (χ2n) is 4.55. The molecule has 0 fully saturated rings. The van der Waals surface area contributed by atoms with Crippen LogP contribution in [0.3, 0.4) is 0 Å². The zero-order chi connectivity index (χ0) is 13.2. The van der Waals surface area contributed by atoms with Crippen molar-refractivity contribution in [2.24, 2.45) is 4.99 Å². The van der Waals surface area contributed by atoms with Gasteiger partial charge in [0, 0.05) is 22.6 Å². The Labute approximate surface area is 125 Å². The second-order valence-corrected chi connectivity index (χ2v) is 5.90. The van der Waals surface area contributed by atoms with Crippen LogP contribution in [0.4, 0.5) is 5.69 Å². The third-order valence-corrected chi connectivity index (χ3v) is 3.84. The Bertz CT molecular complexity index is 623. The summed E-state index contributed by atoms with van der Waals surface area (Å²) in [6.45, 7) is 1.73. The summed E-state index contributed by atoms with van der Waals surface area (Å²) in [5.74, 6) is 0. The van der Waals surface area contributed by atoms with Crippen LogP contribution in [-0.2, 0) is 13.1 Å². The molecular formula is C15H12BrClN2. The fraction of sp³-hybridized carbons (Fsp3) is 0.133. The second kappa shape index (κ2) is 5.35. The number of nitrogens with zero attached hydrogens (tertiary/aromatic N) is 2. The summed E-state index contributed by atoms with van der Waals surface area (Å²) in [5.41, 5.74) is 3.45. The number of fused-ring (bicyclic) bond motifs is 1. The van der Waals surface area contributed by atoms with E-state index in [-0.39, 0.29) is 0 Å². The predicted octanol–water partition coefficient (Wildman–Crippen LogP) is 4.78. The first-order valence-electron chi connectivity index (χ1n) is 6.02. The summed E-state index contributed by atoms with van der Waals surface area (Å²) in [4.78, 5) is 6.65. The molecule has 0 spiro atoms. The SMILES string of the molecule is Clc1ccc2c(c1)N=CN(Cc1ccc(Br)cc1)C2. The lowest BCUT2D eigenvalue weighted by Gasteiger charge is -2.24. The number of halogens is 2. The smallest absolute Gasteiger partial charge is 0.0918 e. The molecule has 0 saturated carbocycles. The fourth-order valence-electron chi connectivity index (χ4n) is 2.12. The van der Waals surface area contributed by atoms with Gasteiger partial charge in [-0.2, -0.15) is 0 Å².